The van der Waals surface area contributed by atoms with Crippen LogP contribution in [0.15, 0.2) is 0 Å². The van der Waals surface area contributed by atoms with Crippen LogP contribution in [-0.2, 0) is 4.74 Å². The SMILES string of the molecule is CCOC(=O)NC1CC(CC(O)C2CC2)CN(CCN)C1. The Hall–Kier alpha value is -0.850. The maximum Gasteiger partial charge on any atom is 0.407 e. The molecule has 1 aliphatic carbocycles. The van der Waals surface area contributed by atoms with E-state index in [1.54, 1.807) is 6.92 Å². The van der Waals surface area contributed by atoms with Crippen molar-refractivity contribution in [1.82, 2.24) is 10.2 Å². The van der Waals surface area contributed by atoms with Crippen molar-refractivity contribution in [3.05, 3.63) is 0 Å². The number of piperidine rings is 1. The molecule has 6 nitrogen and oxygen atoms in total. The maximum atomic E-state index is 11.6. The lowest BCUT2D eigenvalue weighted by Crippen LogP contribution is -2.52. The molecule has 0 spiro atoms. The molecule has 1 saturated heterocycles. The molecule has 2 rings (SSSR count). The van der Waals surface area contributed by atoms with Crippen molar-refractivity contribution in [1.29, 1.82) is 0 Å². The molecule has 0 bridgehead atoms. The second-order valence-electron chi connectivity index (χ2n) is 6.35. The zero-order valence-corrected chi connectivity index (χ0v) is 13.0. The number of amides is 1. The van der Waals surface area contributed by atoms with Crippen molar-refractivity contribution in [3.8, 4) is 0 Å². The van der Waals surface area contributed by atoms with Crippen molar-refractivity contribution in [2.24, 2.45) is 17.6 Å². The Morgan fingerprint density at radius 3 is 2.86 bits per heavy atom. The van der Waals surface area contributed by atoms with Crippen molar-refractivity contribution >= 4 is 6.09 Å². The number of nitrogens with one attached hydrogen (secondary N) is 1. The number of likely N-dealkylation sites (tertiary alicyclic amines) is 1. The molecule has 3 unspecified atom stereocenters. The highest BCUT2D eigenvalue weighted by Gasteiger charge is 2.34. The fourth-order valence-corrected chi connectivity index (χ4v) is 3.30. The first-order chi connectivity index (χ1) is 10.1. The standard InChI is InChI=1S/C15H29N3O3/c1-2-21-15(20)17-13-7-11(8-14(19)12-3-4-12)9-18(10-13)6-5-16/h11-14,19H,2-10,16H2,1H3,(H,17,20). The van der Waals surface area contributed by atoms with Crippen LogP contribution < -0.4 is 11.1 Å². The van der Waals surface area contributed by atoms with Gasteiger partial charge in [-0.1, -0.05) is 0 Å². The lowest BCUT2D eigenvalue weighted by atomic mass is 9.88. The minimum atomic E-state index is -0.349. The number of carbonyl (C=O) groups excluding carboxylic acids is 1. The fraction of sp³-hybridized carbons (Fsp3) is 0.933. The third-order valence-corrected chi connectivity index (χ3v) is 4.40. The number of carbonyl (C=O) groups is 1. The lowest BCUT2D eigenvalue weighted by Gasteiger charge is -2.38. The van der Waals surface area contributed by atoms with Crippen molar-refractivity contribution in [3.63, 3.8) is 0 Å². The molecule has 0 aromatic carbocycles. The predicted octanol–water partition coefficient (Wildman–Crippen LogP) is 0.543. The smallest absolute Gasteiger partial charge is 0.407 e. The fourth-order valence-electron chi connectivity index (χ4n) is 3.30. The van der Waals surface area contributed by atoms with Crippen molar-refractivity contribution in [2.75, 3.05) is 32.8 Å². The molecule has 0 aromatic rings. The van der Waals surface area contributed by atoms with Crippen LogP contribution in [0.1, 0.15) is 32.6 Å². The third-order valence-electron chi connectivity index (χ3n) is 4.40. The largest absolute Gasteiger partial charge is 0.450 e. The van der Waals surface area contributed by atoms with Gasteiger partial charge in [-0.3, -0.25) is 4.90 Å². The Morgan fingerprint density at radius 1 is 1.48 bits per heavy atom. The van der Waals surface area contributed by atoms with E-state index < -0.39 is 0 Å². The molecular weight excluding hydrogens is 270 g/mol. The molecule has 3 atom stereocenters. The van der Waals surface area contributed by atoms with Gasteiger partial charge in [-0.25, -0.2) is 4.79 Å². The van der Waals surface area contributed by atoms with E-state index in [1.165, 1.54) is 0 Å². The van der Waals surface area contributed by atoms with E-state index in [2.05, 4.69) is 10.2 Å². The van der Waals surface area contributed by atoms with Gasteiger partial charge >= 0.3 is 6.09 Å². The molecule has 1 aliphatic heterocycles. The van der Waals surface area contributed by atoms with E-state index in [1.807, 2.05) is 0 Å². The van der Waals surface area contributed by atoms with Gasteiger partial charge in [0.2, 0.25) is 0 Å². The molecule has 1 amide bonds. The first-order valence-electron chi connectivity index (χ1n) is 8.16. The molecule has 2 fully saturated rings. The average molecular weight is 299 g/mol. The summed E-state index contributed by atoms with van der Waals surface area (Å²) >= 11 is 0. The quantitative estimate of drug-likeness (QED) is 0.639. The number of aliphatic hydroxyl groups is 1. The Kier molecular flexibility index (Phi) is 6.26. The summed E-state index contributed by atoms with van der Waals surface area (Å²) in [6, 6.07) is 0.0840. The number of rotatable bonds is 7. The van der Waals surface area contributed by atoms with Crippen LogP contribution >= 0.6 is 0 Å². The van der Waals surface area contributed by atoms with Gasteiger partial charge in [0.25, 0.3) is 0 Å². The number of nitrogens with zero attached hydrogens (tertiary/aromatic N) is 1. The molecule has 0 aromatic heterocycles. The third kappa shape index (κ3) is 5.45. The molecule has 6 heteroatoms. The number of nitrogens with two attached hydrogens (primary N) is 1. The number of ether oxygens (including phenoxy) is 1. The van der Waals surface area contributed by atoms with Crippen LogP contribution in [0.3, 0.4) is 0 Å². The molecule has 4 N–H and O–H groups in total. The number of hydrogen-bond acceptors (Lipinski definition) is 5. The Bertz CT molecular complexity index is 336. The molecule has 122 valence electrons. The van der Waals surface area contributed by atoms with Gasteiger partial charge in [-0.15, -0.1) is 0 Å². The van der Waals surface area contributed by atoms with Gasteiger partial charge in [0.05, 0.1) is 12.7 Å². The lowest BCUT2D eigenvalue weighted by molar-refractivity contribution is 0.0734. The van der Waals surface area contributed by atoms with E-state index >= 15 is 0 Å². The van der Waals surface area contributed by atoms with Crippen LogP contribution in [0.4, 0.5) is 4.79 Å². The molecular formula is C15H29N3O3. The molecule has 1 heterocycles. The van der Waals surface area contributed by atoms with Gasteiger partial charge in [0, 0.05) is 32.2 Å². The summed E-state index contributed by atoms with van der Waals surface area (Å²) in [5, 5.41) is 13.1. The van der Waals surface area contributed by atoms with E-state index in [-0.39, 0.29) is 18.2 Å². The summed E-state index contributed by atoms with van der Waals surface area (Å²) in [5.41, 5.74) is 5.66. The summed E-state index contributed by atoms with van der Waals surface area (Å²) in [5.74, 6) is 0.916. The minimum Gasteiger partial charge on any atom is -0.450 e. The molecule has 0 radical (unpaired) electrons. The second-order valence-corrected chi connectivity index (χ2v) is 6.35. The first kappa shape index (κ1) is 16.5. The van der Waals surface area contributed by atoms with E-state index in [9.17, 15) is 9.90 Å². The highest BCUT2D eigenvalue weighted by molar-refractivity contribution is 5.67. The highest BCUT2D eigenvalue weighted by atomic mass is 16.5. The van der Waals surface area contributed by atoms with Gasteiger partial charge < -0.3 is 20.9 Å². The first-order valence-corrected chi connectivity index (χ1v) is 8.16. The Labute approximate surface area is 127 Å². The van der Waals surface area contributed by atoms with Gasteiger partial charge in [0.15, 0.2) is 0 Å². The minimum absolute atomic E-state index is 0.0840. The van der Waals surface area contributed by atoms with Crippen molar-refractivity contribution < 1.29 is 14.6 Å². The molecule has 1 saturated carbocycles. The maximum absolute atomic E-state index is 11.6. The van der Waals surface area contributed by atoms with E-state index in [0.29, 0.717) is 25.0 Å². The van der Waals surface area contributed by atoms with Gasteiger partial charge in [-0.05, 0) is 44.4 Å². The topological polar surface area (TPSA) is 87.8 Å². The Morgan fingerprint density at radius 2 is 2.24 bits per heavy atom. The van der Waals surface area contributed by atoms with Crippen LogP contribution in [0, 0.1) is 11.8 Å². The van der Waals surface area contributed by atoms with Gasteiger partial charge in [0.1, 0.15) is 0 Å². The molecule has 2 aliphatic rings. The second kappa shape index (κ2) is 7.96. The van der Waals surface area contributed by atoms with Crippen LogP contribution in [0.5, 0.6) is 0 Å². The van der Waals surface area contributed by atoms with Gasteiger partial charge in [-0.2, -0.15) is 0 Å². The van der Waals surface area contributed by atoms with Crippen molar-refractivity contribution in [2.45, 2.75) is 44.8 Å². The van der Waals surface area contributed by atoms with Crippen LogP contribution in [0.25, 0.3) is 0 Å². The zero-order chi connectivity index (χ0) is 15.2. The highest BCUT2D eigenvalue weighted by Crippen LogP contribution is 2.36. The number of hydrogen-bond donors (Lipinski definition) is 3. The molecule has 21 heavy (non-hydrogen) atoms. The summed E-state index contributed by atoms with van der Waals surface area (Å²) in [6.45, 7) is 5.40. The average Bonchev–Trinajstić information content (AvgIpc) is 3.23. The predicted molar refractivity (Wildman–Crippen MR) is 80.9 cm³/mol. The zero-order valence-electron chi connectivity index (χ0n) is 13.0. The van der Waals surface area contributed by atoms with E-state index in [0.717, 1.165) is 45.3 Å². The Balaban J connectivity index is 1.85. The number of aliphatic hydroxyl groups excluding tert-OH is 1. The van der Waals surface area contributed by atoms with E-state index in [4.69, 9.17) is 10.5 Å². The monoisotopic (exact) mass is 299 g/mol. The van der Waals surface area contributed by atoms with Crippen LogP contribution in [-0.4, -0.2) is 61.0 Å². The van der Waals surface area contributed by atoms with Crippen LogP contribution in [0.2, 0.25) is 0 Å². The summed E-state index contributed by atoms with van der Waals surface area (Å²) in [7, 11) is 0. The summed E-state index contributed by atoms with van der Waals surface area (Å²) < 4.78 is 4.96. The summed E-state index contributed by atoms with van der Waals surface area (Å²) in [6.07, 6.45) is 3.52. The normalized spacial score (nSPS) is 28.1. The summed E-state index contributed by atoms with van der Waals surface area (Å²) in [4.78, 5) is 13.9. The number of alkyl carbamates (subject to hydrolysis) is 1.